The SMILES string of the molecule is CNc1cccc(C(C)N(c2ccc(OC[C@H](O)CNC(C)(C)CCCc3ccccc3)c(C#N)c2)S(C)(=O)=O)n1. The molecule has 0 bridgehead atoms. The van der Waals surface area contributed by atoms with E-state index in [2.05, 4.69) is 47.7 Å². The molecule has 0 aliphatic carbocycles. The molecule has 0 saturated carbocycles. The Bertz CT molecular complexity index is 1420. The molecule has 0 amide bonds. The number of anilines is 2. The number of hydrogen-bond donors (Lipinski definition) is 3. The van der Waals surface area contributed by atoms with Crippen LogP contribution in [0.5, 0.6) is 5.75 Å². The molecule has 3 aromatic rings. The normalized spacial score (nSPS) is 13.2. The van der Waals surface area contributed by atoms with Crippen LogP contribution in [0.25, 0.3) is 0 Å². The van der Waals surface area contributed by atoms with Gasteiger partial charge in [0.25, 0.3) is 0 Å². The first-order valence-electron chi connectivity index (χ1n) is 13.7. The fraction of sp³-hybridized carbons (Fsp3) is 0.419. The van der Waals surface area contributed by atoms with Crippen LogP contribution in [-0.4, -0.2) is 56.6 Å². The Morgan fingerprint density at radius 1 is 1.12 bits per heavy atom. The average Bonchev–Trinajstić information content (AvgIpc) is 2.95. The molecule has 9 nitrogen and oxygen atoms in total. The Labute approximate surface area is 244 Å². The summed E-state index contributed by atoms with van der Waals surface area (Å²) >= 11 is 0. The van der Waals surface area contributed by atoms with Gasteiger partial charge in [-0.1, -0.05) is 36.4 Å². The number of aromatic nitrogens is 1. The smallest absolute Gasteiger partial charge is 0.232 e. The van der Waals surface area contributed by atoms with E-state index in [0.29, 0.717) is 23.7 Å². The molecule has 2 aromatic carbocycles. The van der Waals surface area contributed by atoms with Gasteiger partial charge in [0.2, 0.25) is 10.0 Å². The highest BCUT2D eigenvalue weighted by Crippen LogP contribution is 2.32. The Balaban J connectivity index is 1.62. The monoisotopic (exact) mass is 579 g/mol. The van der Waals surface area contributed by atoms with E-state index in [1.54, 1.807) is 44.3 Å². The fourth-order valence-corrected chi connectivity index (χ4v) is 5.80. The van der Waals surface area contributed by atoms with Crippen LogP contribution in [0.2, 0.25) is 0 Å². The number of aliphatic hydroxyl groups is 1. The third kappa shape index (κ3) is 9.46. The first-order chi connectivity index (χ1) is 19.4. The maximum absolute atomic E-state index is 12.8. The summed E-state index contributed by atoms with van der Waals surface area (Å²) in [7, 11) is -1.98. The van der Waals surface area contributed by atoms with E-state index in [0.717, 1.165) is 25.5 Å². The molecular formula is C31H41N5O4S. The van der Waals surface area contributed by atoms with Crippen molar-refractivity contribution in [2.75, 3.05) is 36.1 Å². The fourth-order valence-electron chi connectivity index (χ4n) is 4.62. The lowest BCUT2D eigenvalue weighted by Gasteiger charge is -2.29. The number of nitrogens with one attached hydrogen (secondary N) is 2. The van der Waals surface area contributed by atoms with E-state index in [9.17, 15) is 18.8 Å². The summed E-state index contributed by atoms with van der Waals surface area (Å²) in [6.45, 7) is 6.27. The van der Waals surface area contributed by atoms with E-state index >= 15 is 0 Å². The van der Waals surface area contributed by atoms with Crippen molar-refractivity contribution >= 4 is 21.5 Å². The largest absolute Gasteiger partial charge is 0.489 e. The minimum Gasteiger partial charge on any atom is -0.489 e. The van der Waals surface area contributed by atoms with Crippen LogP contribution in [-0.2, 0) is 16.4 Å². The van der Waals surface area contributed by atoms with Crippen LogP contribution in [0.1, 0.15) is 56.5 Å². The molecule has 41 heavy (non-hydrogen) atoms. The van der Waals surface area contributed by atoms with Crippen LogP contribution in [0, 0.1) is 11.3 Å². The molecule has 1 heterocycles. The number of rotatable bonds is 15. The number of β-amino-alcohol motifs (C(OH)–C–C–N with tert-alkyl or cyclic N) is 1. The molecule has 0 aliphatic heterocycles. The van der Waals surface area contributed by atoms with Crippen molar-refractivity contribution in [2.45, 2.75) is 57.7 Å². The van der Waals surface area contributed by atoms with E-state index in [-0.39, 0.29) is 23.5 Å². The number of nitrogens with zero attached hydrogens (tertiary/aromatic N) is 3. The van der Waals surface area contributed by atoms with Crippen molar-refractivity contribution in [3.05, 3.63) is 83.6 Å². The van der Waals surface area contributed by atoms with Gasteiger partial charge in [0, 0.05) is 19.1 Å². The van der Waals surface area contributed by atoms with Crippen LogP contribution >= 0.6 is 0 Å². The quantitative estimate of drug-likeness (QED) is 0.237. The van der Waals surface area contributed by atoms with Crippen molar-refractivity contribution in [1.29, 1.82) is 5.26 Å². The van der Waals surface area contributed by atoms with Gasteiger partial charge in [-0.05, 0) is 75.9 Å². The molecule has 0 spiro atoms. The number of sulfonamides is 1. The third-order valence-corrected chi connectivity index (χ3v) is 8.10. The number of nitriles is 1. The van der Waals surface area contributed by atoms with E-state index < -0.39 is 22.2 Å². The molecule has 0 aliphatic rings. The Hall–Kier alpha value is -3.65. The van der Waals surface area contributed by atoms with E-state index in [4.69, 9.17) is 4.74 Å². The maximum atomic E-state index is 12.8. The molecule has 220 valence electrons. The minimum atomic E-state index is -3.72. The van der Waals surface area contributed by atoms with Crippen molar-refractivity contribution in [3.63, 3.8) is 0 Å². The molecular weight excluding hydrogens is 538 g/mol. The average molecular weight is 580 g/mol. The van der Waals surface area contributed by atoms with Gasteiger partial charge in [-0.15, -0.1) is 0 Å². The van der Waals surface area contributed by atoms with E-state index in [1.165, 1.54) is 15.9 Å². The number of aliphatic hydroxyl groups excluding tert-OH is 1. The second kappa shape index (κ2) is 14.3. The molecule has 0 fully saturated rings. The molecule has 2 atom stereocenters. The Morgan fingerprint density at radius 3 is 2.51 bits per heavy atom. The van der Waals surface area contributed by atoms with Crippen LogP contribution < -0.4 is 19.7 Å². The first-order valence-corrected chi connectivity index (χ1v) is 15.6. The third-order valence-electron chi connectivity index (χ3n) is 6.86. The minimum absolute atomic E-state index is 0.0198. The van der Waals surface area contributed by atoms with Gasteiger partial charge in [0.15, 0.2) is 0 Å². The number of aryl methyl sites for hydroxylation is 1. The topological polar surface area (TPSA) is 128 Å². The summed E-state index contributed by atoms with van der Waals surface area (Å²) in [6.07, 6.45) is 3.29. The van der Waals surface area contributed by atoms with E-state index in [1.807, 2.05) is 18.2 Å². The van der Waals surface area contributed by atoms with Gasteiger partial charge >= 0.3 is 0 Å². The summed E-state index contributed by atoms with van der Waals surface area (Å²) in [5, 5.41) is 26.7. The molecule has 3 rings (SSSR count). The number of hydrogen-bond acceptors (Lipinski definition) is 8. The van der Waals surface area contributed by atoms with Gasteiger partial charge < -0.3 is 20.5 Å². The Morgan fingerprint density at radius 2 is 1.85 bits per heavy atom. The van der Waals surface area contributed by atoms with Gasteiger partial charge in [0.05, 0.1) is 29.2 Å². The zero-order valence-corrected chi connectivity index (χ0v) is 25.3. The summed E-state index contributed by atoms with van der Waals surface area (Å²) in [4.78, 5) is 4.48. The summed E-state index contributed by atoms with van der Waals surface area (Å²) in [5.41, 5.74) is 2.19. The lowest BCUT2D eigenvalue weighted by Crippen LogP contribution is -2.44. The zero-order chi connectivity index (χ0) is 30.0. The van der Waals surface area contributed by atoms with Crippen LogP contribution in [0.3, 0.4) is 0 Å². The lowest BCUT2D eigenvalue weighted by molar-refractivity contribution is 0.0978. The van der Waals surface area contributed by atoms with Crippen molar-refractivity contribution in [3.8, 4) is 11.8 Å². The predicted octanol–water partition coefficient (Wildman–Crippen LogP) is 4.65. The molecule has 1 aromatic heterocycles. The van der Waals surface area contributed by atoms with Gasteiger partial charge in [-0.3, -0.25) is 4.31 Å². The molecule has 0 radical (unpaired) electrons. The highest BCUT2D eigenvalue weighted by Gasteiger charge is 2.27. The van der Waals surface area contributed by atoms with Crippen molar-refractivity contribution in [1.82, 2.24) is 10.3 Å². The van der Waals surface area contributed by atoms with Gasteiger partial charge in [-0.25, -0.2) is 13.4 Å². The maximum Gasteiger partial charge on any atom is 0.232 e. The second-order valence-corrected chi connectivity index (χ2v) is 12.7. The highest BCUT2D eigenvalue weighted by molar-refractivity contribution is 7.92. The summed E-state index contributed by atoms with van der Waals surface area (Å²) in [6, 6.07) is 21.8. The summed E-state index contributed by atoms with van der Waals surface area (Å²) in [5.74, 6) is 0.890. The summed E-state index contributed by atoms with van der Waals surface area (Å²) < 4.78 is 32.7. The highest BCUT2D eigenvalue weighted by atomic mass is 32.2. The standard InChI is InChI=1S/C31H41N5O4S/c1-23(28-14-9-15-30(33-4)35-28)36(41(5,38)39)26-16-17-29(25(19-26)20-32)40-22-27(37)21-34-31(2,3)18-10-13-24-11-7-6-8-12-24/h6-9,11-12,14-17,19,23,27,34,37H,10,13,18,21-22H2,1-5H3,(H,33,35)/t23?,27-/m1/s1. The molecule has 0 saturated heterocycles. The van der Waals surface area contributed by atoms with Gasteiger partial charge in [0.1, 0.15) is 30.3 Å². The van der Waals surface area contributed by atoms with Crippen LogP contribution in [0.4, 0.5) is 11.5 Å². The molecule has 3 N–H and O–H groups in total. The first kappa shape index (κ1) is 31.9. The zero-order valence-electron chi connectivity index (χ0n) is 24.5. The number of benzene rings is 2. The van der Waals surface area contributed by atoms with Crippen molar-refractivity contribution in [2.24, 2.45) is 0 Å². The predicted molar refractivity (Wildman–Crippen MR) is 164 cm³/mol. The number of ether oxygens (including phenoxy) is 1. The lowest BCUT2D eigenvalue weighted by atomic mass is 9.95. The molecule has 1 unspecified atom stereocenters. The number of pyridine rings is 1. The van der Waals surface area contributed by atoms with Crippen molar-refractivity contribution < 1.29 is 18.3 Å². The van der Waals surface area contributed by atoms with Crippen LogP contribution in [0.15, 0.2) is 66.7 Å². The van der Waals surface area contributed by atoms with Gasteiger partial charge in [-0.2, -0.15) is 5.26 Å². The Kier molecular flexibility index (Phi) is 11.1. The second-order valence-electron chi connectivity index (χ2n) is 10.8. The molecule has 10 heteroatoms.